The fourth-order valence-corrected chi connectivity index (χ4v) is 4.28. The predicted octanol–water partition coefficient (Wildman–Crippen LogP) is 6.01. The van der Waals surface area contributed by atoms with Crippen LogP contribution in [-0.2, 0) is 22.6 Å². The van der Waals surface area contributed by atoms with Crippen LogP contribution in [0.1, 0.15) is 49.8 Å². The Balaban J connectivity index is 1.91. The molecule has 1 unspecified atom stereocenters. The number of carbonyl (C=O) groups excluding carboxylic acids is 2. The molecule has 0 aliphatic rings. The van der Waals surface area contributed by atoms with E-state index in [-0.39, 0.29) is 30.9 Å². The first-order valence-electron chi connectivity index (χ1n) is 12.5. The Kier molecular flexibility index (Phi) is 10.4. The van der Waals surface area contributed by atoms with Crippen LogP contribution >= 0.6 is 11.6 Å². The maximum atomic E-state index is 13.7. The second kappa shape index (κ2) is 13.7. The van der Waals surface area contributed by atoms with Gasteiger partial charge in [-0.25, -0.2) is 0 Å². The number of hydrogen-bond acceptors (Lipinski definition) is 3. The summed E-state index contributed by atoms with van der Waals surface area (Å²) in [5.41, 5.74) is 2.86. The van der Waals surface area contributed by atoms with E-state index in [9.17, 15) is 9.59 Å². The highest BCUT2D eigenvalue weighted by molar-refractivity contribution is 6.30. The normalized spacial score (nSPS) is 11.7. The second-order valence-corrected chi connectivity index (χ2v) is 9.57. The fourth-order valence-electron chi connectivity index (χ4n) is 4.06. The van der Waals surface area contributed by atoms with Crippen LogP contribution in [0.15, 0.2) is 78.9 Å². The molecule has 0 fully saturated rings. The maximum Gasteiger partial charge on any atom is 0.261 e. The van der Waals surface area contributed by atoms with Gasteiger partial charge in [-0.1, -0.05) is 93.0 Å². The number of hydrogen-bond donors (Lipinski definition) is 1. The monoisotopic (exact) mass is 506 g/mol. The minimum absolute atomic E-state index is 0.170. The van der Waals surface area contributed by atoms with Crippen LogP contribution in [0.25, 0.3) is 0 Å². The van der Waals surface area contributed by atoms with E-state index in [1.807, 2.05) is 79.7 Å². The van der Waals surface area contributed by atoms with Crippen LogP contribution in [0.3, 0.4) is 0 Å². The number of ether oxygens (including phenoxy) is 1. The lowest BCUT2D eigenvalue weighted by Crippen LogP contribution is -2.51. The van der Waals surface area contributed by atoms with Crippen molar-refractivity contribution in [3.8, 4) is 5.75 Å². The lowest BCUT2D eigenvalue weighted by atomic mass is 10.0. The van der Waals surface area contributed by atoms with Crippen molar-refractivity contribution in [3.63, 3.8) is 0 Å². The number of amides is 2. The molecule has 2 amide bonds. The Morgan fingerprint density at radius 1 is 0.944 bits per heavy atom. The highest BCUT2D eigenvalue weighted by atomic mass is 35.5. The van der Waals surface area contributed by atoms with Crippen molar-refractivity contribution in [2.24, 2.45) is 0 Å². The highest BCUT2D eigenvalue weighted by Gasteiger charge is 2.30. The third-order valence-electron chi connectivity index (χ3n) is 5.95. The van der Waals surface area contributed by atoms with E-state index in [0.717, 1.165) is 23.1 Å². The maximum absolute atomic E-state index is 13.7. The predicted molar refractivity (Wildman–Crippen MR) is 145 cm³/mol. The van der Waals surface area contributed by atoms with Crippen LogP contribution in [0, 0.1) is 0 Å². The summed E-state index contributed by atoms with van der Waals surface area (Å²) in [5.74, 6) is 0.489. The average molecular weight is 507 g/mol. The molecule has 0 bridgehead atoms. The van der Waals surface area contributed by atoms with Gasteiger partial charge in [-0.05, 0) is 47.2 Å². The summed E-state index contributed by atoms with van der Waals surface area (Å²) in [6.45, 7) is 6.79. The van der Waals surface area contributed by atoms with E-state index in [1.54, 1.807) is 11.0 Å². The lowest BCUT2D eigenvalue weighted by Gasteiger charge is -2.31. The van der Waals surface area contributed by atoms with Gasteiger partial charge in [0.2, 0.25) is 5.91 Å². The molecule has 0 saturated heterocycles. The van der Waals surface area contributed by atoms with Gasteiger partial charge in [0, 0.05) is 24.5 Å². The van der Waals surface area contributed by atoms with Gasteiger partial charge in [0.25, 0.3) is 5.91 Å². The van der Waals surface area contributed by atoms with Gasteiger partial charge in [0.05, 0.1) is 0 Å². The minimum atomic E-state index is -0.700. The number of para-hydroxylation sites is 1. The molecule has 6 heteroatoms. The first kappa shape index (κ1) is 27.3. The summed E-state index contributed by atoms with van der Waals surface area (Å²) in [7, 11) is 0. The molecule has 0 saturated carbocycles. The van der Waals surface area contributed by atoms with E-state index < -0.39 is 6.04 Å². The molecular formula is C30H35ClN2O3. The number of nitrogens with zero attached hydrogens (tertiary/aromatic N) is 1. The first-order chi connectivity index (χ1) is 17.4. The van der Waals surface area contributed by atoms with Gasteiger partial charge in [-0.15, -0.1) is 0 Å². The third kappa shape index (κ3) is 7.85. The lowest BCUT2D eigenvalue weighted by molar-refractivity contribution is -0.142. The Hall–Kier alpha value is -3.31. The van der Waals surface area contributed by atoms with Gasteiger partial charge in [-0.3, -0.25) is 9.59 Å². The SMILES string of the molecule is CCCNC(=O)C(Cc1ccccc1)N(Cc1cccc(Cl)c1)C(=O)COc1ccccc1C(C)C. The number of benzene rings is 3. The van der Waals surface area contributed by atoms with Crippen LogP contribution < -0.4 is 10.1 Å². The fraction of sp³-hybridized carbons (Fsp3) is 0.333. The smallest absolute Gasteiger partial charge is 0.261 e. The molecular weight excluding hydrogens is 472 g/mol. The van der Waals surface area contributed by atoms with E-state index in [0.29, 0.717) is 23.7 Å². The minimum Gasteiger partial charge on any atom is -0.483 e. The zero-order valence-electron chi connectivity index (χ0n) is 21.2. The summed E-state index contributed by atoms with van der Waals surface area (Å²) in [6.07, 6.45) is 1.20. The standard InChI is InChI=1S/C30H35ClN2O3/c1-4-17-32-30(35)27(19-23-11-6-5-7-12-23)33(20-24-13-10-14-25(31)18-24)29(34)21-36-28-16-9-8-15-26(28)22(2)3/h5-16,18,22,27H,4,17,19-21H2,1-3H3,(H,32,35). The zero-order chi connectivity index (χ0) is 25.9. The topological polar surface area (TPSA) is 58.6 Å². The molecule has 3 aromatic rings. The molecule has 36 heavy (non-hydrogen) atoms. The molecule has 3 aromatic carbocycles. The van der Waals surface area contributed by atoms with Crippen molar-refractivity contribution in [1.29, 1.82) is 0 Å². The first-order valence-corrected chi connectivity index (χ1v) is 12.8. The van der Waals surface area contributed by atoms with Crippen molar-refractivity contribution in [2.75, 3.05) is 13.2 Å². The second-order valence-electron chi connectivity index (χ2n) is 9.13. The van der Waals surface area contributed by atoms with Gasteiger partial charge in [-0.2, -0.15) is 0 Å². The zero-order valence-corrected chi connectivity index (χ0v) is 22.0. The highest BCUT2D eigenvalue weighted by Crippen LogP contribution is 2.26. The average Bonchev–Trinajstić information content (AvgIpc) is 2.88. The molecule has 0 radical (unpaired) electrons. The molecule has 0 aromatic heterocycles. The largest absolute Gasteiger partial charge is 0.483 e. The van der Waals surface area contributed by atoms with Crippen LogP contribution in [0.2, 0.25) is 5.02 Å². The molecule has 0 aliphatic heterocycles. The molecule has 5 nitrogen and oxygen atoms in total. The Labute approximate surface area is 219 Å². The van der Waals surface area contributed by atoms with Crippen molar-refractivity contribution in [3.05, 3.63) is 101 Å². The van der Waals surface area contributed by atoms with E-state index in [4.69, 9.17) is 16.3 Å². The molecule has 0 aliphatic carbocycles. The quantitative estimate of drug-likeness (QED) is 0.327. The number of carbonyl (C=O) groups is 2. The Morgan fingerprint density at radius 3 is 2.33 bits per heavy atom. The van der Waals surface area contributed by atoms with Crippen LogP contribution in [-0.4, -0.2) is 35.9 Å². The molecule has 1 N–H and O–H groups in total. The van der Waals surface area contributed by atoms with E-state index in [1.165, 1.54) is 0 Å². The Bertz CT molecular complexity index is 1130. The summed E-state index contributed by atoms with van der Waals surface area (Å²) < 4.78 is 6.01. The molecule has 3 rings (SSSR count). The summed E-state index contributed by atoms with van der Waals surface area (Å²) in [4.78, 5) is 28.7. The number of nitrogens with one attached hydrogen (secondary N) is 1. The molecule has 1 atom stereocenters. The van der Waals surface area contributed by atoms with Crippen molar-refractivity contribution in [1.82, 2.24) is 10.2 Å². The summed E-state index contributed by atoms with van der Waals surface area (Å²) >= 11 is 6.23. The summed E-state index contributed by atoms with van der Waals surface area (Å²) in [6, 6.07) is 24.1. The third-order valence-corrected chi connectivity index (χ3v) is 6.19. The summed E-state index contributed by atoms with van der Waals surface area (Å²) in [5, 5.41) is 3.56. The van der Waals surface area contributed by atoms with Crippen LogP contribution in [0.4, 0.5) is 0 Å². The van der Waals surface area contributed by atoms with E-state index >= 15 is 0 Å². The van der Waals surface area contributed by atoms with Gasteiger partial charge in [0.1, 0.15) is 11.8 Å². The van der Waals surface area contributed by atoms with E-state index in [2.05, 4.69) is 19.2 Å². The molecule has 190 valence electrons. The Morgan fingerprint density at radius 2 is 1.64 bits per heavy atom. The van der Waals surface area contributed by atoms with Crippen molar-refractivity contribution >= 4 is 23.4 Å². The molecule has 0 heterocycles. The van der Waals surface area contributed by atoms with Crippen molar-refractivity contribution in [2.45, 2.75) is 52.1 Å². The molecule has 0 spiro atoms. The van der Waals surface area contributed by atoms with Gasteiger partial charge in [0.15, 0.2) is 6.61 Å². The number of halogens is 1. The van der Waals surface area contributed by atoms with Gasteiger partial charge < -0.3 is 15.0 Å². The number of rotatable bonds is 12. The van der Waals surface area contributed by atoms with Crippen LogP contribution in [0.5, 0.6) is 5.75 Å². The van der Waals surface area contributed by atoms with Gasteiger partial charge >= 0.3 is 0 Å². The van der Waals surface area contributed by atoms with Crippen molar-refractivity contribution < 1.29 is 14.3 Å².